The van der Waals surface area contributed by atoms with Gasteiger partial charge < -0.3 is 25.0 Å². The van der Waals surface area contributed by atoms with E-state index in [9.17, 15) is 18.8 Å². The van der Waals surface area contributed by atoms with Crippen molar-refractivity contribution in [1.82, 2.24) is 15.5 Å². The summed E-state index contributed by atoms with van der Waals surface area (Å²) in [6.45, 7) is 1.49. The van der Waals surface area contributed by atoms with Crippen molar-refractivity contribution in [2.75, 3.05) is 26.3 Å². The molecule has 1 aromatic carbocycles. The number of hydrogen-bond donors (Lipinski definition) is 2. The van der Waals surface area contributed by atoms with Crippen molar-refractivity contribution in [2.45, 2.75) is 82.1 Å². The predicted octanol–water partition coefficient (Wildman–Crippen LogP) is 2.62. The second kappa shape index (κ2) is 12.4. The molecule has 3 fully saturated rings. The Balaban J connectivity index is 1.58. The van der Waals surface area contributed by atoms with Gasteiger partial charge in [-0.3, -0.25) is 14.4 Å². The number of halogens is 1. The van der Waals surface area contributed by atoms with Crippen LogP contribution in [-0.2, 0) is 23.9 Å². The number of amides is 3. The largest absolute Gasteiger partial charge is 0.376 e. The van der Waals surface area contributed by atoms with Gasteiger partial charge in [0.2, 0.25) is 5.91 Å². The second-order valence-corrected chi connectivity index (χ2v) is 9.71. The fourth-order valence-electron chi connectivity index (χ4n) is 5.20. The maximum Gasteiger partial charge on any atom is 0.312 e. The van der Waals surface area contributed by atoms with E-state index >= 15 is 0 Å². The van der Waals surface area contributed by atoms with Crippen molar-refractivity contribution in [3.05, 3.63) is 35.6 Å². The van der Waals surface area contributed by atoms with Gasteiger partial charge in [0, 0.05) is 37.9 Å². The zero-order valence-corrected chi connectivity index (χ0v) is 20.2. The summed E-state index contributed by atoms with van der Waals surface area (Å²) in [5.41, 5.74) is 0.0501. The van der Waals surface area contributed by atoms with E-state index in [0.29, 0.717) is 19.6 Å². The molecule has 35 heavy (non-hydrogen) atoms. The summed E-state index contributed by atoms with van der Waals surface area (Å²) >= 11 is 0. The van der Waals surface area contributed by atoms with Crippen LogP contribution in [0.2, 0.25) is 0 Å². The maximum absolute atomic E-state index is 15.0. The van der Waals surface area contributed by atoms with E-state index in [1.807, 2.05) is 0 Å². The Morgan fingerprint density at radius 1 is 0.943 bits per heavy atom. The normalized spacial score (nSPS) is 23.6. The Hall–Kier alpha value is -2.52. The third-order valence-electron chi connectivity index (χ3n) is 7.11. The van der Waals surface area contributed by atoms with Gasteiger partial charge in [0.05, 0.1) is 12.2 Å². The van der Waals surface area contributed by atoms with Crippen LogP contribution < -0.4 is 10.6 Å². The highest BCUT2D eigenvalue weighted by atomic mass is 19.1. The molecule has 3 atom stereocenters. The molecular weight excluding hydrogens is 453 g/mol. The summed E-state index contributed by atoms with van der Waals surface area (Å²) in [5.74, 6) is -2.75. The lowest BCUT2D eigenvalue weighted by Crippen LogP contribution is -2.53. The zero-order valence-electron chi connectivity index (χ0n) is 20.2. The second-order valence-electron chi connectivity index (χ2n) is 9.71. The molecule has 8 nitrogen and oxygen atoms in total. The minimum atomic E-state index is -1.30. The van der Waals surface area contributed by atoms with Crippen LogP contribution in [0.5, 0.6) is 0 Å². The van der Waals surface area contributed by atoms with Crippen molar-refractivity contribution < 1.29 is 28.2 Å². The van der Waals surface area contributed by atoms with Crippen LogP contribution in [0.1, 0.15) is 69.4 Å². The van der Waals surface area contributed by atoms with E-state index in [4.69, 9.17) is 9.47 Å². The Kier molecular flexibility index (Phi) is 9.09. The Labute approximate surface area is 205 Å². The molecular formula is C26H36FN3O5. The number of hydrogen-bond acceptors (Lipinski definition) is 5. The molecule has 3 unspecified atom stereocenters. The van der Waals surface area contributed by atoms with Gasteiger partial charge in [-0.2, -0.15) is 0 Å². The molecule has 3 amide bonds. The maximum atomic E-state index is 15.0. The molecule has 2 aliphatic heterocycles. The van der Waals surface area contributed by atoms with Gasteiger partial charge in [-0.05, 0) is 44.6 Å². The van der Waals surface area contributed by atoms with Crippen molar-refractivity contribution in [1.29, 1.82) is 0 Å². The average molecular weight is 490 g/mol. The van der Waals surface area contributed by atoms with Gasteiger partial charge in [0.15, 0.2) is 0 Å². The number of nitrogens with zero attached hydrogens (tertiary/aromatic N) is 1. The topological polar surface area (TPSA) is 97.0 Å². The molecule has 1 saturated carbocycles. The lowest BCUT2D eigenvalue weighted by molar-refractivity contribution is -0.151. The van der Waals surface area contributed by atoms with Crippen molar-refractivity contribution in [3.8, 4) is 0 Å². The molecule has 9 heteroatoms. The third kappa shape index (κ3) is 6.79. The van der Waals surface area contributed by atoms with E-state index in [1.54, 1.807) is 6.07 Å². The fourth-order valence-corrected chi connectivity index (χ4v) is 5.20. The van der Waals surface area contributed by atoms with Gasteiger partial charge in [-0.15, -0.1) is 0 Å². The Morgan fingerprint density at radius 2 is 1.63 bits per heavy atom. The molecule has 2 N–H and O–H groups in total. The van der Waals surface area contributed by atoms with Crippen LogP contribution in [0.15, 0.2) is 24.3 Å². The Bertz CT molecular complexity index is 879. The van der Waals surface area contributed by atoms with Gasteiger partial charge in [-0.25, -0.2) is 4.39 Å². The molecule has 0 bridgehead atoms. The van der Waals surface area contributed by atoms with Crippen LogP contribution in [0.3, 0.4) is 0 Å². The van der Waals surface area contributed by atoms with E-state index in [0.717, 1.165) is 51.4 Å². The molecule has 2 saturated heterocycles. The molecule has 192 valence electrons. The summed E-state index contributed by atoms with van der Waals surface area (Å²) in [5, 5.41) is 5.68. The van der Waals surface area contributed by atoms with E-state index in [-0.39, 0.29) is 36.9 Å². The summed E-state index contributed by atoms with van der Waals surface area (Å²) in [6.07, 6.45) is 7.61. The van der Waals surface area contributed by atoms with Gasteiger partial charge in [-0.1, -0.05) is 37.5 Å². The molecule has 1 aliphatic carbocycles. The molecule has 4 rings (SSSR count). The van der Waals surface area contributed by atoms with Crippen LogP contribution in [-0.4, -0.2) is 67.2 Å². The summed E-state index contributed by atoms with van der Waals surface area (Å²) in [7, 11) is 0. The number of carbonyl (C=O) groups is 3. The van der Waals surface area contributed by atoms with Crippen molar-refractivity contribution in [3.63, 3.8) is 0 Å². The monoisotopic (exact) mass is 489 g/mol. The van der Waals surface area contributed by atoms with Crippen molar-refractivity contribution >= 4 is 17.7 Å². The van der Waals surface area contributed by atoms with E-state index in [1.165, 1.54) is 23.1 Å². The quantitative estimate of drug-likeness (QED) is 0.548. The van der Waals surface area contributed by atoms with Gasteiger partial charge in [0.1, 0.15) is 11.9 Å². The van der Waals surface area contributed by atoms with E-state index in [2.05, 4.69) is 10.6 Å². The number of ether oxygens (including phenoxy) is 2. The average Bonchev–Trinajstić information content (AvgIpc) is 3.58. The van der Waals surface area contributed by atoms with Crippen molar-refractivity contribution in [2.24, 2.45) is 0 Å². The molecule has 0 spiro atoms. The standard InChI is InChI=1S/C26H36FN3O5/c27-22-13-5-4-12-21(22)23(24(31)28-16-19-10-6-14-34-19)30(17-20-11-7-15-35-20)26(33)25(32)29-18-8-2-1-3-9-18/h4-5,12-13,18-20,23H,1-3,6-11,14-17H2,(H,28,31)(H,29,32). The van der Waals surface area contributed by atoms with Crippen LogP contribution in [0.4, 0.5) is 4.39 Å². The lowest BCUT2D eigenvalue weighted by Gasteiger charge is -2.33. The van der Waals surface area contributed by atoms with Crippen LogP contribution in [0, 0.1) is 5.82 Å². The zero-order chi connectivity index (χ0) is 24.6. The van der Waals surface area contributed by atoms with Gasteiger partial charge in [0.25, 0.3) is 0 Å². The molecule has 1 aromatic rings. The smallest absolute Gasteiger partial charge is 0.312 e. The predicted molar refractivity (Wildman–Crippen MR) is 127 cm³/mol. The van der Waals surface area contributed by atoms with Gasteiger partial charge >= 0.3 is 11.8 Å². The summed E-state index contributed by atoms with van der Waals surface area (Å²) < 4.78 is 26.3. The third-order valence-corrected chi connectivity index (χ3v) is 7.11. The lowest BCUT2D eigenvalue weighted by atomic mass is 9.95. The fraction of sp³-hybridized carbons (Fsp3) is 0.654. The van der Waals surface area contributed by atoms with Crippen LogP contribution >= 0.6 is 0 Å². The minimum Gasteiger partial charge on any atom is -0.376 e. The summed E-state index contributed by atoms with van der Waals surface area (Å²) in [6, 6.07) is 4.53. The van der Waals surface area contributed by atoms with E-state index < -0.39 is 29.6 Å². The highest BCUT2D eigenvalue weighted by Gasteiger charge is 2.39. The molecule has 0 radical (unpaired) electrons. The summed E-state index contributed by atoms with van der Waals surface area (Å²) in [4.78, 5) is 41.3. The number of nitrogens with one attached hydrogen (secondary N) is 2. The number of carbonyl (C=O) groups excluding carboxylic acids is 3. The first-order valence-electron chi connectivity index (χ1n) is 12.9. The first-order valence-corrected chi connectivity index (χ1v) is 12.9. The molecule has 0 aromatic heterocycles. The highest BCUT2D eigenvalue weighted by Crippen LogP contribution is 2.27. The number of rotatable bonds is 8. The highest BCUT2D eigenvalue weighted by molar-refractivity contribution is 6.35. The first-order chi connectivity index (χ1) is 17.0. The molecule has 3 aliphatic rings. The first kappa shape index (κ1) is 25.6. The molecule has 2 heterocycles. The minimum absolute atomic E-state index is 0.0310. The SMILES string of the molecule is O=C(NC1CCCCC1)C(=O)N(CC1CCCO1)C(C(=O)NCC1CCCO1)c1ccccc1F. The number of benzene rings is 1. The Morgan fingerprint density at radius 3 is 2.29 bits per heavy atom. The van der Waals surface area contributed by atoms with Crippen LogP contribution in [0.25, 0.3) is 0 Å².